The number of carbonyl (C=O) groups excluding carboxylic acids is 1. The quantitative estimate of drug-likeness (QED) is 0.858. The predicted octanol–water partition coefficient (Wildman–Crippen LogP) is 1.69. The molecule has 4 nitrogen and oxygen atoms in total. The minimum Gasteiger partial charge on any atom is -0.393 e. The Hall–Kier alpha value is -0.940. The van der Waals surface area contributed by atoms with Crippen LogP contribution < -0.4 is 0 Å². The summed E-state index contributed by atoms with van der Waals surface area (Å²) in [5.74, 6) is 0.116. The van der Waals surface area contributed by atoms with E-state index in [4.69, 9.17) is 0 Å². The van der Waals surface area contributed by atoms with E-state index in [1.54, 1.807) is 23.4 Å². The summed E-state index contributed by atoms with van der Waals surface area (Å²) < 4.78 is 0.799. The molecular formula is C12H15BrN2O2. The van der Waals surface area contributed by atoms with Gasteiger partial charge >= 0.3 is 0 Å². The summed E-state index contributed by atoms with van der Waals surface area (Å²) >= 11 is 3.30. The Bertz CT molecular complexity index is 425. The van der Waals surface area contributed by atoms with Crippen LogP contribution in [0.3, 0.4) is 0 Å². The molecule has 2 rings (SSSR count). The zero-order chi connectivity index (χ0) is 12.4. The summed E-state index contributed by atoms with van der Waals surface area (Å²) in [7, 11) is 0. The fraction of sp³-hybridized carbons (Fsp3) is 0.500. The highest BCUT2D eigenvalue weighted by Gasteiger charge is 2.27. The fourth-order valence-corrected chi connectivity index (χ4v) is 2.39. The van der Waals surface area contributed by atoms with E-state index >= 15 is 0 Å². The maximum absolute atomic E-state index is 12.2. The number of aliphatic hydroxyl groups is 1. The van der Waals surface area contributed by atoms with Crippen LogP contribution in [0.5, 0.6) is 0 Å². The molecule has 2 unspecified atom stereocenters. The van der Waals surface area contributed by atoms with Gasteiger partial charge in [0.2, 0.25) is 0 Å². The Morgan fingerprint density at radius 3 is 3.00 bits per heavy atom. The van der Waals surface area contributed by atoms with Crippen LogP contribution in [0.1, 0.15) is 23.7 Å². The Kier molecular flexibility index (Phi) is 3.79. The van der Waals surface area contributed by atoms with Crippen LogP contribution in [0, 0.1) is 5.92 Å². The molecule has 0 bridgehead atoms. The molecule has 92 valence electrons. The van der Waals surface area contributed by atoms with Crippen LogP contribution in [0.2, 0.25) is 0 Å². The molecule has 1 aliphatic heterocycles. The molecule has 1 aliphatic rings. The topological polar surface area (TPSA) is 53.4 Å². The van der Waals surface area contributed by atoms with Gasteiger partial charge in [-0.3, -0.25) is 9.78 Å². The van der Waals surface area contributed by atoms with E-state index in [-0.39, 0.29) is 17.9 Å². The third-order valence-electron chi connectivity index (χ3n) is 3.10. The zero-order valence-electron chi connectivity index (χ0n) is 9.64. The normalized spacial score (nSPS) is 24.8. The van der Waals surface area contributed by atoms with E-state index in [1.807, 2.05) is 6.92 Å². The van der Waals surface area contributed by atoms with Crippen LogP contribution in [-0.2, 0) is 0 Å². The van der Waals surface area contributed by atoms with Gasteiger partial charge in [0, 0.05) is 30.0 Å². The van der Waals surface area contributed by atoms with Crippen LogP contribution in [-0.4, -0.2) is 40.1 Å². The van der Waals surface area contributed by atoms with E-state index < -0.39 is 0 Å². The number of halogens is 1. The molecule has 0 saturated carbocycles. The standard InChI is InChI=1S/C12H15BrN2O2/c1-8-7-15(3-2-11(8)16)12(17)9-4-10(13)6-14-5-9/h4-6,8,11,16H,2-3,7H2,1H3. The number of aliphatic hydroxyl groups excluding tert-OH is 1. The first-order chi connectivity index (χ1) is 8.08. The molecule has 0 spiro atoms. The van der Waals surface area contributed by atoms with E-state index in [1.165, 1.54) is 0 Å². The number of rotatable bonds is 1. The summed E-state index contributed by atoms with van der Waals surface area (Å²) in [6.07, 6.45) is 3.58. The Morgan fingerprint density at radius 1 is 1.59 bits per heavy atom. The van der Waals surface area contributed by atoms with E-state index in [0.29, 0.717) is 25.1 Å². The first kappa shape index (κ1) is 12.5. The molecule has 1 amide bonds. The van der Waals surface area contributed by atoms with Crippen molar-refractivity contribution in [1.29, 1.82) is 0 Å². The van der Waals surface area contributed by atoms with Crippen molar-refractivity contribution >= 4 is 21.8 Å². The molecule has 1 aromatic rings. The first-order valence-electron chi connectivity index (χ1n) is 5.66. The smallest absolute Gasteiger partial charge is 0.255 e. The maximum Gasteiger partial charge on any atom is 0.255 e. The molecule has 17 heavy (non-hydrogen) atoms. The van der Waals surface area contributed by atoms with Gasteiger partial charge in [-0.05, 0) is 34.3 Å². The number of hydrogen-bond acceptors (Lipinski definition) is 3. The molecule has 2 heterocycles. The van der Waals surface area contributed by atoms with Gasteiger partial charge in [0.05, 0.1) is 11.7 Å². The molecule has 5 heteroatoms. The van der Waals surface area contributed by atoms with Gasteiger partial charge in [-0.25, -0.2) is 0 Å². The molecule has 0 aliphatic carbocycles. The van der Waals surface area contributed by atoms with Crippen LogP contribution in [0.4, 0.5) is 0 Å². The van der Waals surface area contributed by atoms with Gasteiger partial charge in [0.1, 0.15) is 0 Å². The summed E-state index contributed by atoms with van der Waals surface area (Å²) in [4.78, 5) is 18.0. The Labute approximate surface area is 109 Å². The lowest BCUT2D eigenvalue weighted by Gasteiger charge is -2.34. The second-order valence-electron chi connectivity index (χ2n) is 4.48. The van der Waals surface area contributed by atoms with Gasteiger partial charge < -0.3 is 10.0 Å². The van der Waals surface area contributed by atoms with Crippen LogP contribution in [0.15, 0.2) is 22.9 Å². The van der Waals surface area contributed by atoms with E-state index in [0.717, 1.165) is 4.47 Å². The van der Waals surface area contributed by atoms with Crippen molar-refractivity contribution in [3.8, 4) is 0 Å². The van der Waals surface area contributed by atoms with Crippen molar-refractivity contribution in [2.75, 3.05) is 13.1 Å². The van der Waals surface area contributed by atoms with Crippen molar-refractivity contribution in [3.63, 3.8) is 0 Å². The maximum atomic E-state index is 12.2. The minimum absolute atomic E-state index is 0.0162. The van der Waals surface area contributed by atoms with Gasteiger partial charge in [-0.1, -0.05) is 6.92 Å². The van der Waals surface area contributed by atoms with Gasteiger partial charge in [0.15, 0.2) is 0 Å². The van der Waals surface area contributed by atoms with Crippen molar-refractivity contribution in [1.82, 2.24) is 9.88 Å². The number of likely N-dealkylation sites (tertiary alicyclic amines) is 1. The number of nitrogens with zero attached hydrogens (tertiary/aromatic N) is 2. The van der Waals surface area contributed by atoms with Crippen LogP contribution in [0.25, 0.3) is 0 Å². The number of amides is 1. The zero-order valence-corrected chi connectivity index (χ0v) is 11.2. The summed E-state index contributed by atoms with van der Waals surface area (Å²) in [5, 5.41) is 9.63. The average molecular weight is 299 g/mol. The predicted molar refractivity (Wildman–Crippen MR) is 67.6 cm³/mol. The molecular weight excluding hydrogens is 284 g/mol. The molecule has 1 saturated heterocycles. The minimum atomic E-state index is -0.292. The van der Waals surface area contributed by atoms with Crippen LogP contribution >= 0.6 is 15.9 Å². The van der Waals surface area contributed by atoms with Gasteiger partial charge in [-0.2, -0.15) is 0 Å². The highest BCUT2D eigenvalue weighted by Crippen LogP contribution is 2.19. The molecule has 0 aromatic carbocycles. The molecule has 1 N–H and O–H groups in total. The lowest BCUT2D eigenvalue weighted by molar-refractivity contribution is 0.0297. The van der Waals surface area contributed by atoms with Crippen molar-refractivity contribution in [2.24, 2.45) is 5.92 Å². The molecule has 1 fully saturated rings. The number of aromatic nitrogens is 1. The fourth-order valence-electron chi connectivity index (χ4n) is 2.03. The third-order valence-corrected chi connectivity index (χ3v) is 3.53. The third kappa shape index (κ3) is 2.84. The largest absolute Gasteiger partial charge is 0.393 e. The molecule has 1 aromatic heterocycles. The summed E-state index contributed by atoms with van der Waals surface area (Å²) in [6.45, 7) is 3.17. The van der Waals surface area contributed by atoms with Crippen molar-refractivity contribution in [2.45, 2.75) is 19.4 Å². The number of pyridine rings is 1. The van der Waals surface area contributed by atoms with E-state index in [2.05, 4.69) is 20.9 Å². The van der Waals surface area contributed by atoms with E-state index in [9.17, 15) is 9.90 Å². The summed E-state index contributed by atoms with van der Waals surface area (Å²) in [5.41, 5.74) is 0.586. The molecule has 2 atom stereocenters. The van der Waals surface area contributed by atoms with Crippen molar-refractivity contribution < 1.29 is 9.90 Å². The molecule has 0 radical (unpaired) electrons. The number of piperidine rings is 1. The highest BCUT2D eigenvalue weighted by molar-refractivity contribution is 9.10. The highest BCUT2D eigenvalue weighted by atomic mass is 79.9. The SMILES string of the molecule is CC1CN(C(=O)c2cncc(Br)c2)CCC1O. The monoisotopic (exact) mass is 298 g/mol. The lowest BCUT2D eigenvalue weighted by Crippen LogP contribution is -2.45. The van der Waals surface area contributed by atoms with Gasteiger partial charge in [0.25, 0.3) is 5.91 Å². The lowest BCUT2D eigenvalue weighted by atomic mass is 9.96. The Balaban J connectivity index is 2.10. The van der Waals surface area contributed by atoms with Gasteiger partial charge in [-0.15, -0.1) is 0 Å². The number of hydrogen-bond donors (Lipinski definition) is 1. The number of carbonyl (C=O) groups is 1. The first-order valence-corrected chi connectivity index (χ1v) is 6.45. The second kappa shape index (κ2) is 5.14. The van der Waals surface area contributed by atoms with Crippen molar-refractivity contribution in [3.05, 3.63) is 28.5 Å². The second-order valence-corrected chi connectivity index (χ2v) is 5.39. The summed E-state index contributed by atoms with van der Waals surface area (Å²) in [6, 6.07) is 1.77. The Morgan fingerprint density at radius 2 is 2.35 bits per heavy atom. The average Bonchev–Trinajstić information content (AvgIpc) is 2.32.